The fourth-order valence-corrected chi connectivity index (χ4v) is 2.81. The van der Waals surface area contributed by atoms with Crippen LogP contribution in [0.4, 0.5) is 4.79 Å². The number of rotatable bonds is 2. The van der Waals surface area contributed by atoms with Gasteiger partial charge in [-0.1, -0.05) is 0 Å². The summed E-state index contributed by atoms with van der Waals surface area (Å²) in [5.74, 6) is 0. The van der Waals surface area contributed by atoms with Gasteiger partial charge in [-0.15, -0.1) is 4.31 Å². The Bertz CT molecular complexity index is 169. The van der Waals surface area contributed by atoms with Crippen LogP contribution in [0.1, 0.15) is 20.8 Å². The average Bonchev–Trinajstić information content (AvgIpc) is 1.82. The van der Waals surface area contributed by atoms with Crippen LogP contribution in [0.25, 0.3) is 0 Å². The Kier molecular flexibility index (Phi) is 4.22. The molecule has 0 aliphatic heterocycles. The fourth-order valence-electron chi connectivity index (χ4n) is 0.334. The molecule has 0 aromatic carbocycles. The van der Waals surface area contributed by atoms with Gasteiger partial charge in [-0.3, -0.25) is 0 Å². The zero-order valence-corrected chi connectivity index (χ0v) is 9.16. The van der Waals surface area contributed by atoms with Gasteiger partial charge in [0.2, 0.25) is 0 Å². The summed E-state index contributed by atoms with van der Waals surface area (Å²) in [5, 5.41) is 8.47. The monoisotopic (exact) mass is 211 g/mol. The van der Waals surface area contributed by atoms with E-state index in [2.05, 4.69) is 0 Å². The van der Waals surface area contributed by atoms with Crippen molar-refractivity contribution in [3.63, 3.8) is 0 Å². The van der Waals surface area contributed by atoms with E-state index in [9.17, 15) is 9.35 Å². The molecule has 0 aromatic heterocycles. The molecular formula is C6H13NO3S2. The van der Waals surface area contributed by atoms with Crippen molar-refractivity contribution >= 4 is 27.3 Å². The molecule has 0 fully saturated rings. The van der Waals surface area contributed by atoms with Gasteiger partial charge in [0.15, 0.2) is 0 Å². The number of nitrogens with zero attached hydrogens (tertiary/aromatic N) is 1. The van der Waals surface area contributed by atoms with Gasteiger partial charge in [-0.2, -0.15) is 0 Å². The van der Waals surface area contributed by atoms with E-state index < -0.39 is 16.5 Å². The lowest BCUT2D eigenvalue weighted by atomic mass is 10.3. The van der Waals surface area contributed by atoms with Crippen LogP contribution in [0.3, 0.4) is 0 Å². The Morgan fingerprint density at radius 3 is 2.25 bits per heavy atom. The summed E-state index contributed by atoms with van der Waals surface area (Å²) in [6.07, 6.45) is -1.18. The van der Waals surface area contributed by atoms with Gasteiger partial charge in [-0.25, -0.2) is 4.79 Å². The summed E-state index contributed by atoms with van der Waals surface area (Å²) < 4.78 is 11.8. The van der Waals surface area contributed by atoms with E-state index in [1.807, 2.05) is 20.8 Å². The lowest BCUT2D eigenvalue weighted by Crippen LogP contribution is -2.31. The molecule has 4 nitrogen and oxygen atoms in total. The van der Waals surface area contributed by atoms with Gasteiger partial charge in [0.25, 0.3) is 0 Å². The third-order valence-corrected chi connectivity index (χ3v) is 4.66. The smallest absolute Gasteiger partial charge is 0.449 e. The molecule has 6 heteroatoms. The van der Waals surface area contributed by atoms with Crippen molar-refractivity contribution in [1.29, 1.82) is 0 Å². The van der Waals surface area contributed by atoms with Crippen molar-refractivity contribution in [3.8, 4) is 0 Å². The van der Waals surface area contributed by atoms with Crippen molar-refractivity contribution in [2.45, 2.75) is 25.5 Å². The van der Waals surface area contributed by atoms with Crippen molar-refractivity contribution in [1.82, 2.24) is 4.31 Å². The van der Waals surface area contributed by atoms with E-state index in [-0.39, 0.29) is 4.75 Å². The van der Waals surface area contributed by atoms with E-state index in [4.69, 9.17) is 5.11 Å². The minimum Gasteiger partial charge on any atom is -0.581 e. The molecule has 0 aliphatic carbocycles. The maximum absolute atomic E-state index is 11.2. The van der Waals surface area contributed by atoms with Crippen LogP contribution in [0.5, 0.6) is 0 Å². The number of amides is 1. The molecule has 1 N–H and O–H groups in total. The second-order valence-corrected chi connectivity index (χ2v) is 6.92. The zero-order valence-electron chi connectivity index (χ0n) is 7.53. The maximum Gasteiger partial charge on any atom is 0.449 e. The molecule has 12 heavy (non-hydrogen) atoms. The van der Waals surface area contributed by atoms with Crippen LogP contribution >= 0.6 is 10.8 Å². The van der Waals surface area contributed by atoms with E-state index >= 15 is 0 Å². The Labute approximate surface area is 79.0 Å². The fraction of sp³-hybridized carbons (Fsp3) is 0.833. The zero-order chi connectivity index (χ0) is 9.94. The van der Waals surface area contributed by atoms with Crippen molar-refractivity contribution in [2.24, 2.45) is 0 Å². The minimum atomic E-state index is -1.51. The van der Waals surface area contributed by atoms with Crippen molar-refractivity contribution < 1.29 is 14.5 Å². The molecule has 0 aliphatic rings. The summed E-state index contributed by atoms with van der Waals surface area (Å²) in [5.41, 5.74) is 0. The summed E-state index contributed by atoms with van der Waals surface area (Å²) >= 11 is 0. The van der Waals surface area contributed by atoms with Gasteiger partial charge in [-0.05, 0) is 20.8 Å². The first-order valence-corrected chi connectivity index (χ1v) is 5.76. The topological polar surface area (TPSA) is 63.6 Å². The molecule has 1 atom stereocenters. The average molecular weight is 211 g/mol. The maximum atomic E-state index is 11.2. The normalized spacial score (nSPS) is 14.1. The first kappa shape index (κ1) is 11.9. The number of hydrogen-bond donors (Lipinski definition) is 1. The molecule has 0 radical (unpaired) electrons. The molecule has 72 valence electrons. The first-order valence-electron chi connectivity index (χ1n) is 3.32. The highest BCUT2D eigenvalue weighted by molar-refractivity contribution is 8.71. The van der Waals surface area contributed by atoms with Crippen LogP contribution < -0.4 is 0 Å². The van der Waals surface area contributed by atoms with Crippen LogP contribution in [0.2, 0.25) is 0 Å². The molecular weight excluding hydrogens is 198 g/mol. The van der Waals surface area contributed by atoms with E-state index in [0.29, 0.717) is 0 Å². The van der Waals surface area contributed by atoms with Gasteiger partial charge in [0.1, 0.15) is 21.2 Å². The van der Waals surface area contributed by atoms with Gasteiger partial charge < -0.3 is 9.66 Å². The van der Waals surface area contributed by atoms with Crippen LogP contribution in [-0.2, 0) is 10.4 Å². The predicted molar refractivity (Wildman–Crippen MR) is 51.3 cm³/mol. The Hall–Kier alpha value is -0.0700. The summed E-state index contributed by atoms with van der Waals surface area (Å²) in [6.45, 7) is 5.64. The molecule has 0 aromatic rings. The molecule has 0 bridgehead atoms. The Morgan fingerprint density at radius 1 is 1.58 bits per heavy atom. The van der Waals surface area contributed by atoms with Crippen molar-refractivity contribution in [2.75, 3.05) is 7.05 Å². The van der Waals surface area contributed by atoms with Crippen molar-refractivity contribution in [3.05, 3.63) is 0 Å². The van der Waals surface area contributed by atoms with E-state index in [0.717, 1.165) is 15.1 Å². The molecule has 1 unspecified atom stereocenters. The molecule has 1 amide bonds. The van der Waals surface area contributed by atoms with Gasteiger partial charge >= 0.3 is 6.09 Å². The molecule has 0 heterocycles. The molecule has 0 rings (SSSR count). The standard InChI is InChI=1S/C6H13NO3S2/c1-6(2,3)11-12(10)7(4)5(8)9/h1-4H3,(H,8,9). The molecule has 0 saturated heterocycles. The first-order chi connectivity index (χ1) is 5.24. The highest BCUT2D eigenvalue weighted by Gasteiger charge is 2.29. The lowest BCUT2D eigenvalue weighted by Gasteiger charge is -2.21. The molecule has 0 saturated carbocycles. The van der Waals surface area contributed by atoms with E-state index in [1.54, 1.807) is 0 Å². The second-order valence-electron chi connectivity index (χ2n) is 3.19. The largest absolute Gasteiger partial charge is 0.581 e. The summed E-state index contributed by atoms with van der Waals surface area (Å²) in [6, 6.07) is 0. The van der Waals surface area contributed by atoms with Crippen LogP contribution in [-0.4, -0.2) is 31.9 Å². The quantitative estimate of drug-likeness (QED) is 0.558. The number of carbonyl (C=O) groups is 1. The highest BCUT2D eigenvalue weighted by atomic mass is 33.1. The Balaban J connectivity index is 4.04. The lowest BCUT2D eigenvalue weighted by molar-refractivity contribution is 0.179. The van der Waals surface area contributed by atoms with Gasteiger partial charge in [0, 0.05) is 0 Å². The predicted octanol–water partition coefficient (Wildman–Crippen LogP) is 1.71. The third kappa shape index (κ3) is 4.74. The number of hydrogen-bond acceptors (Lipinski definition) is 3. The molecule has 0 spiro atoms. The van der Waals surface area contributed by atoms with E-state index in [1.165, 1.54) is 7.05 Å². The van der Waals surface area contributed by atoms with Crippen LogP contribution in [0.15, 0.2) is 0 Å². The Morgan fingerprint density at radius 2 is 2.00 bits per heavy atom. The van der Waals surface area contributed by atoms with Crippen LogP contribution in [0, 0.1) is 0 Å². The third-order valence-electron chi connectivity index (χ3n) is 0.814. The van der Waals surface area contributed by atoms with Gasteiger partial charge in [0.05, 0.1) is 11.8 Å². The number of carboxylic acid groups (broad SMARTS) is 1. The SMILES string of the molecule is CN(C(=O)O)[S+]([O-])SC(C)(C)C. The summed E-state index contributed by atoms with van der Waals surface area (Å²) in [7, 11) is 0.885. The summed E-state index contributed by atoms with van der Waals surface area (Å²) in [4.78, 5) is 10.3. The highest BCUT2D eigenvalue weighted by Crippen LogP contribution is 2.30. The minimum absolute atomic E-state index is 0.200. The second kappa shape index (κ2) is 4.25.